The molecule has 1 unspecified atom stereocenters. The second kappa shape index (κ2) is 3.78. The van der Waals surface area contributed by atoms with Gasteiger partial charge in [-0.3, -0.25) is 0 Å². The highest BCUT2D eigenvalue weighted by Crippen LogP contribution is 2.26. The fraction of sp³-hybridized carbons (Fsp3) is 0.385. The third kappa shape index (κ3) is 2.45. The first-order valence-electron chi connectivity index (χ1n) is 4.79. The van der Waals surface area contributed by atoms with Gasteiger partial charge in [0.1, 0.15) is 0 Å². The van der Waals surface area contributed by atoms with Gasteiger partial charge >= 0.3 is 0 Å². The fourth-order valence-electron chi connectivity index (χ4n) is 1.27. The molecule has 0 nitrogen and oxygen atoms in total. The van der Waals surface area contributed by atoms with Crippen LogP contribution in [0.15, 0.2) is 48.6 Å². The molecule has 0 heterocycles. The highest BCUT2D eigenvalue weighted by atomic mass is 14.2. The maximum absolute atomic E-state index is 3.84. The van der Waals surface area contributed by atoms with E-state index >= 15 is 0 Å². The van der Waals surface area contributed by atoms with Gasteiger partial charge in [-0.1, -0.05) is 50.3 Å². The van der Waals surface area contributed by atoms with E-state index in [1.807, 2.05) is 6.08 Å². The van der Waals surface area contributed by atoms with Gasteiger partial charge in [0, 0.05) is 5.41 Å². The third-order valence-electron chi connectivity index (χ3n) is 2.49. The van der Waals surface area contributed by atoms with E-state index in [0.717, 1.165) is 0 Å². The average Bonchev–Trinajstić information content (AvgIpc) is 2.28. The van der Waals surface area contributed by atoms with Gasteiger partial charge < -0.3 is 0 Å². The van der Waals surface area contributed by atoms with Gasteiger partial charge in [-0.2, -0.15) is 0 Å². The van der Waals surface area contributed by atoms with Crippen molar-refractivity contribution in [3.8, 4) is 0 Å². The summed E-state index contributed by atoms with van der Waals surface area (Å²) in [7, 11) is 0. The maximum atomic E-state index is 3.84. The van der Waals surface area contributed by atoms with E-state index in [1.54, 1.807) is 0 Å². The maximum Gasteiger partial charge on any atom is 0.0217 e. The summed E-state index contributed by atoms with van der Waals surface area (Å²) in [6.45, 7) is 10.4. The van der Waals surface area contributed by atoms with Gasteiger partial charge in [-0.25, -0.2) is 0 Å². The van der Waals surface area contributed by atoms with Crippen LogP contribution in [0.2, 0.25) is 0 Å². The topological polar surface area (TPSA) is 0 Å². The molecule has 0 fully saturated rings. The molecule has 0 aromatic heterocycles. The smallest absolute Gasteiger partial charge is 0.0217 e. The largest absolute Gasteiger partial charge is 0.102 e. The first kappa shape index (κ1) is 10.0. The predicted octanol–water partition coefficient (Wildman–Crippen LogP) is 3.89. The summed E-state index contributed by atoms with van der Waals surface area (Å²) >= 11 is 0. The summed E-state index contributed by atoms with van der Waals surface area (Å²) in [5, 5.41) is 0. The van der Waals surface area contributed by atoms with E-state index in [2.05, 4.69) is 57.7 Å². The molecule has 1 aliphatic carbocycles. The molecule has 0 saturated carbocycles. The molecule has 0 radical (unpaired) electrons. The van der Waals surface area contributed by atoms with Gasteiger partial charge in [0.25, 0.3) is 0 Å². The monoisotopic (exact) mass is 174 g/mol. The molecule has 0 amide bonds. The quantitative estimate of drug-likeness (QED) is 0.557. The van der Waals surface area contributed by atoms with Crippen molar-refractivity contribution >= 4 is 0 Å². The van der Waals surface area contributed by atoms with Crippen molar-refractivity contribution in [2.45, 2.75) is 20.8 Å². The lowest BCUT2D eigenvalue weighted by Gasteiger charge is -2.14. The van der Waals surface area contributed by atoms with E-state index in [4.69, 9.17) is 0 Å². The molecule has 0 saturated heterocycles. The summed E-state index contributed by atoms with van der Waals surface area (Å²) in [4.78, 5) is 0. The molecule has 0 aliphatic heterocycles. The van der Waals surface area contributed by atoms with Crippen LogP contribution in [0, 0.1) is 11.3 Å². The van der Waals surface area contributed by atoms with Crippen LogP contribution < -0.4 is 0 Å². The van der Waals surface area contributed by atoms with Crippen LogP contribution >= 0.6 is 0 Å². The van der Waals surface area contributed by atoms with Gasteiger partial charge in [0.2, 0.25) is 0 Å². The summed E-state index contributed by atoms with van der Waals surface area (Å²) in [6.07, 6.45) is 12.8. The second-order valence-electron chi connectivity index (χ2n) is 4.08. The molecule has 0 bridgehead atoms. The van der Waals surface area contributed by atoms with E-state index < -0.39 is 0 Å². The Balaban J connectivity index is 2.92. The van der Waals surface area contributed by atoms with Crippen molar-refractivity contribution in [3.63, 3.8) is 0 Å². The van der Waals surface area contributed by atoms with Gasteiger partial charge in [0.15, 0.2) is 0 Å². The number of hydrogen-bond acceptors (Lipinski definition) is 0. The van der Waals surface area contributed by atoms with Crippen LogP contribution in [0.25, 0.3) is 0 Å². The molecule has 13 heavy (non-hydrogen) atoms. The van der Waals surface area contributed by atoms with Crippen LogP contribution in [0.4, 0.5) is 0 Å². The minimum Gasteiger partial charge on any atom is -0.102 e. The molecule has 1 rings (SSSR count). The fourth-order valence-corrected chi connectivity index (χ4v) is 1.27. The third-order valence-corrected chi connectivity index (χ3v) is 2.49. The Bertz CT molecular complexity index is 276. The van der Waals surface area contributed by atoms with Gasteiger partial charge in [0.05, 0.1) is 0 Å². The van der Waals surface area contributed by atoms with Crippen molar-refractivity contribution in [1.82, 2.24) is 0 Å². The lowest BCUT2D eigenvalue weighted by atomic mass is 9.90. The van der Waals surface area contributed by atoms with E-state index in [9.17, 15) is 0 Å². The molecular formula is C13H18. The Hall–Kier alpha value is -1.04. The molecule has 0 heteroatoms. The summed E-state index contributed by atoms with van der Waals surface area (Å²) < 4.78 is 0. The molecular weight excluding hydrogens is 156 g/mol. The highest BCUT2D eigenvalue weighted by molar-refractivity contribution is 5.34. The Morgan fingerprint density at radius 2 is 2.08 bits per heavy atom. The standard InChI is InChI=1S/C13H18/c1-5-13(4)9-6-7-12(8-10-13)11(2)3/h5-11H,1H2,2-4H3. The van der Waals surface area contributed by atoms with Crippen molar-refractivity contribution in [2.24, 2.45) is 11.3 Å². The SMILES string of the molecule is C=CC1(C)C=CC=C(C(C)C)C=C1. The Labute approximate surface area is 81.4 Å². The van der Waals surface area contributed by atoms with Crippen LogP contribution in [0.1, 0.15) is 20.8 Å². The number of allylic oxidation sites excluding steroid dienone is 7. The predicted molar refractivity (Wildman–Crippen MR) is 59.5 cm³/mol. The molecule has 0 aromatic rings. The van der Waals surface area contributed by atoms with E-state index in [1.165, 1.54) is 5.57 Å². The first-order chi connectivity index (χ1) is 6.07. The second-order valence-corrected chi connectivity index (χ2v) is 4.08. The van der Waals surface area contributed by atoms with E-state index in [0.29, 0.717) is 5.92 Å². The number of rotatable bonds is 2. The molecule has 1 aliphatic rings. The van der Waals surface area contributed by atoms with Crippen molar-refractivity contribution in [1.29, 1.82) is 0 Å². The van der Waals surface area contributed by atoms with Crippen LogP contribution in [-0.2, 0) is 0 Å². The molecule has 0 aromatic carbocycles. The molecule has 70 valence electrons. The zero-order chi connectivity index (χ0) is 9.90. The average molecular weight is 174 g/mol. The lowest BCUT2D eigenvalue weighted by Crippen LogP contribution is -2.03. The van der Waals surface area contributed by atoms with Crippen LogP contribution in [0.5, 0.6) is 0 Å². The normalized spacial score (nSPS) is 27.2. The summed E-state index contributed by atoms with van der Waals surface area (Å²) in [5.74, 6) is 0.591. The van der Waals surface area contributed by atoms with E-state index in [-0.39, 0.29) is 5.41 Å². The van der Waals surface area contributed by atoms with Crippen molar-refractivity contribution in [2.75, 3.05) is 0 Å². The van der Waals surface area contributed by atoms with Crippen LogP contribution in [-0.4, -0.2) is 0 Å². The van der Waals surface area contributed by atoms with Gasteiger partial charge in [-0.15, -0.1) is 6.58 Å². The van der Waals surface area contributed by atoms with Gasteiger partial charge in [-0.05, 0) is 18.4 Å². The lowest BCUT2D eigenvalue weighted by molar-refractivity contribution is 0.717. The van der Waals surface area contributed by atoms with Crippen molar-refractivity contribution in [3.05, 3.63) is 48.6 Å². The molecule has 1 atom stereocenters. The minimum atomic E-state index is 0.0210. The zero-order valence-electron chi connectivity index (χ0n) is 8.75. The summed E-state index contributed by atoms with van der Waals surface area (Å²) in [6, 6.07) is 0. The minimum absolute atomic E-state index is 0.0210. The first-order valence-corrected chi connectivity index (χ1v) is 4.79. The Kier molecular flexibility index (Phi) is 2.92. The molecule has 0 N–H and O–H groups in total. The zero-order valence-corrected chi connectivity index (χ0v) is 8.75. The number of hydrogen-bond donors (Lipinski definition) is 0. The molecule has 0 spiro atoms. The summed E-state index contributed by atoms with van der Waals surface area (Å²) in [5.41, 5.74) is 1.40. The Morgan fingerprint density at radius 3 is 2.62 bits per heavy atom. The Morgan fingerprint density at radius 1 is 1.38 bits per heavy atom. The highest BCUT2D eigenvalue weighted by Gasteiger charge is 2.13. The van der Waals surface area contributed by atoms with Crippen molar-refractivity contribution < 1.29 is 0 Å². The van der Waals surface area contributed by atoms with Crippen LogP contribution in [0.3, 0.4) is 0 Å².